The first kappa shape index (κ1) is 14.3. The zero-order valence-corrected chi connectivity index (χ0v) is 12.4. The highest BCUT2D eigenvalue weighted by atomic mass is 32.2. The Morgan fingerprint density at radius 2 is 2.26 bits per heavy atom. The molecule has 1 aliphatic heterocycles. The number of hydrogen-bond donors (Lipinski definition) is 1. The third kappa shape index (κ3) is 4.80. The van der Waals surface area contributed by atoms with Gasteiger partial charge in [-0.2, -0.15) is 0 Å². The zero-order chi connectivity index (χ0) is 13.5. The number of aliphatic imine (C=N–C) groups is 1. The van der Waals surface area contributed by atoms with Gasteiger partial charge in [0.2, 0.25) is 5.91 Å². The van der Waals surface area contributed by atoms with Gasteiger partial charge in [-0.3, -0.25) is 9.79 Å². The molecule has 0 bridgehead atoms. The molecule has 0 aromatic heterocycles. The summed E-state index contributed by atoms with van der Waals surface area (Å²) in [6, 6.07) is 7.76. The molecule has 0 saturated heterocycles. The number of nitrogens with one attached hydrogen (secondary N) is 1. The van der Waals surface area contributed by atoms with Gasteiger partial charge >= 0.3 is 0 Å². The van der Waals surface area contributed by atoms with Crippen LogP contribution in [0.15, 0.2) is 34.2 Å². The smallest absolute Gasteiger partial charge is 0.236 e. The highest BCUT2D eigenvalue weighted by Gasteiger charge is 2.10. The van der Waals surface area contributed by atoms with Gasteiger partial charge in [0.05, 0.1) is 18.9 Å². The minimum atomic E-state index is -0.00738. The summed E-state index contributed by atoms with van der Waals surface area (Å²) in [4.78, 5) is 16.9. The van der Waals surface area contributed by atoms with E-state index >= 15 is 0 Å². The molecular weight excluding hydrogens is 280 g/mol. The predicted molar refractivity (Wildman–Crippen MR) is 81.2 cm³/mol. The maximum absolute atomic E-state index is 11.7. The largest absolute Gasteiger partial charge is 0.494 e. The summed E-state index contributed by atoms with van der Waals surface area (Å²) < 4.78 is 5.37. The molecule has 0 fully saturated rings. The van der Waals surface area contributed by atoms with Crippen molar-refractivity contribution in [1.82, 2.24) is 5.32 Å². The molecule has 0 atom stereocenters. The summed E-state index contributed by atoms with van der Waals surface area (Å²) in [6.07, 6.45) is 0. The maximum Gasteiger partial charge on any atom is 0.236 e. The first-order chi connectivity index (χ1) is 9.28. The average Bonchev–Trinajstić information content (AvgIpc) is 2.91. The highest BCUT2D eigenvalue weighted by molar-refractivity contribution is 8.14. The van der Waals surface area contributed by atoms with Crippen molar-refractivity contribution in [3.05, 3.63) is 24.3 Å². The molecule has 0 unspecified atom stereocenters. The van der Waals surface area contributed by atoms with E-state index in [1.165, 1.54) is 11.8 Å². The molecule has 1 heterocycles. The highest BCUT2D eigenvalue weighted by Crippen LogP contribution is 2.21. The van der Waals surface area contributed by atoms with E-state index in [4.69, 9.17) is 4.74 Å². The van der Waals surface area contributed by atoms with E-state index in [0.29, 0.717) is 12.4 Å². The van der Waals surface area contributed by atoms with E-state index in [-0.39, 0.29) is 5.91 Å². The molecule has 1 aromatic rings. The van der Waals surface area contributed by atoms with Crippen LogP contribution in [-0.4, -0.2) is 35.7 Å². The second-order valence-electron chi connectivity index (χ2n) is 3.78. The molecule has 2 rings (SSSR count). The number of carbonyl (C=O) groups is 1. The van der Waals surface area contributed by atoms with Crippen molar-refractivity contribution in [2.24, 2.45) is 4.99 Å². The molecule has 1 N–H and O–H groups in total. The number of thioether (sulfide) groups is 2. The monoisotopic (exact) mass is 296 g/mol. The number of amidine groups is 1. The van der Waals surface area contributed by atoms with Crippen LogP contribution >= 0.6 is 23.5 Å². The summed E-state index contributed by atoms with van der Waals surface area (Å²) >= 11 is 3.10. The predicted octanol–water partition coefficient (Wildman–Crippen LogP) is 2.40. The van der Waals surface area contributed by atoms with Gasteiger partial charge in [-0.15, -0.1) is 11.8 Å². The van der Waals surface area contributed by atoms with Crippen molar-refractivity contribution in [3.8, 4) is 5.75 Å². The van der Waals surface area contributed by atoms with Gasteiger partial charge in [0.1, 0.15) is 5.75 Å². The number of hydrogen-bond acceptors (Lipinski definition) is 5. The Morgan fingerprint density at radius 1 is 1.47 bits per heavy atom. The number of benzene rings is 1. The van der Waals surface area contributed by atoms with E-state index in [1.807, 2.05) is 31.2 Å². The quantitative estimate of drug-likeness (QED) is 0.848. The van der Waals surface area contributed by atoms with Crippen LogP contribution in [0.25, 0.3) is 0 Å². The minimum absolute atomic E-state index is 0.00738. The normalized spacial score (nSPS) is 14.1. The zero-order valence-electron chi connectivity index (χ0n) is 10.7. The second-order valence-corrected chi connectivity index (χ2v) is 5.91. The van der Waals surface area contributed by atoms with E-state index in [9.17, 15) is 4.79 Å². The van der Waals surface area contributed by atoms with Crippen LogP contribution < -0.4 is 10.1 Å². The minimum Gasteiger partial charge on any atom is -0.494 e. The molecule has 1 aromatic carbocycles. The van der Waals surface area contributed by atoms with Crippen LogP contribution in [0.5, 0.6) is 5.75 Å². The topological polar surface area (TPSA) is 50.7 Å². The van der Waals surface area contributed by atoms with E-state index < -0.39 is 0 Å². The number of carbonyl (C=O) groups excluding carboxylic acids is 1. The van der Waals surface area contributed by atoms with Crippen LogP contribution in [0.3, 0.4) is 0 Å². The van der Waals surface area contributed by atoms with Crippen LogP contribution in [0.1, 0.15) is 6.92 Å². The number of nitrogens with zero attached hydrogens (tertiary/aromatic N) is 1. The van der Waals surface area contributed by atoms with Gasteiger partial charge in [-0.05, 0) is 31.2 Å². The molecule has 1 amide bonds. The Hall–Kier alpha value is -1.14. The van der Waals surface area contributed by atoms with Gasteiger partial charge in [0, 0.05) is 10.6 Å². The van der Waals surface area contributed by atoms with Crippen molar-refractivity contribution in [2.45, 2.75) is 11.8 Å². The lowest BCUT2D eigenvalue weighted by Crippen LogP contribution is -2.28. The summed E-state index contributed by atoms with van der Waals surface area (Å²) in [5.74, 6) is 2.20. The molecule has 0 spiro atoms. The standard InChI is InChI=1S/C13H16N2O2S2/c1-2-17-10-3-5-11(6-4-10)19-9-12(16)15-13-14-7-8-18-13/h3-6H,2,7-9H2,1H3,(H,14,15,16). The molecule has 1 aliphatic rings. The van der Waals surface area contributed by atoms with Crippen molar-refractivity contribution < 1.29 is 9.53 Å². The van der Waals surface area contributed by atoms with Gasteiger partial charge < -0.3 is 10.1 Å². The maximum atomic E-state index is 11.7. The Morgan fingerprint density at radius 3 is 2.89 bits per heavy atom. The number of ether oxygens (including phenoxy) is 1. The van der Waals surface area contributed by atoms with Gasteiger partial charge in [-0.25, -0.2) is 0 Å². The van der Waals surface area contributed by atoms with E-state index in [0.717, 1.165) is 28.1 Å². The fourth-order valence-electron chi connectivity index (χ4n) is 1.51. The average molecular weight is 296 g/mol. The molecule has 0 saturated carbocycles. The number of rotatable bonds is 5. The van der Waals surface area contributed by atoms with Crippen LogP contribution in [-0.2, 0) is 4.79 Å². The number of amides is 1. The van der Waals surface area contributed by atoms with Crippen LogP contribution in [0.2, 0.25) is 0 Å². The van der Waals surface area contributed by atoms with Crippen molar-refractivity contribution in [2.75, 3.05) is 24.7 Å². The van der Waals surface area contributed by atoms with E-state index in [2.05, 4.69) is 10.3 Å². The first-order valence-corrected chi connectivity index (χ1v) is 8.08. The van der Waals surface area contributed by atoms with Crippen molar-refractivity contribution in [3.63, 3.8) is 0 Å². The van der Waals surface area contributed by atoms with Crippen LogP contribution in [0.4, 0.5) is 0 Å². The summed E-state index contributed by atoms with van der Waals surface area (Å²) in [5, 5.41) is 3.56. The first-order valence-electron chi connectivity index (χ1n) is 6.10. The lowest BCUT2D eigenvalue weighted by molar-refractivity contribution is -0.117. The van der Waals surface area contributed by atoms with Gasteiger partial charge in [-0.1, -0.05) is 11.8 Å². The Labute approximate surface area is 121 Å². The summed E-state index contributed by atoms with van der Waals surface area (Å²) in [5.41, 5.74) is 0. The summed E-state index contributed by atoms with van der Waals surface area (Å²) in [7, 11) is 0. The molecule has 4 nitrogen and oxygen atoms in total. The van der Waals surface area contributed by atoms with Gasteiger partial charge in [0.25, 0.3) is 0 Å². The SMILES string of the molecule is CCOc1ccc(SCC(=O)NC2=NCCS2)cc1. The second kappa shape index (κ2) is 7.45. The van der Waals surface area contributed by atoms with Crippen molar-refractivity contribution >= 4 is 34.6 Å². The van der Waals surface area contributed by atoms with Gasteiger partial charge in [0.15, 0.2) is 5.17 Å². The molecule has 0 radical (unpaired) electrons. The van der Waals surface area contributed by atoms with Crippen molar-refractivity contribution in [1.29, 1.82) is 0 Å². The lowest BCUT2D eigenvalue weighted by atomic mass is 10.3. The molecule has 0 aliphatic carbocycles. The third-order valence-corrected chi connectivity index (χ3v) is 4.24. The third-order valence-electron chi connectivity index (χ3n) is 2.34. The Kier molecular flexibility index (Phi) is 5.60. The molecular formula is C13H16N2O2S2. The molecule has 19 heavy (non-hydrogen) atoms. The lowest BCUT2D eigenvalue weighted by Gasteiger charge is -2.05. The van der Waals surface area contributed by atoms with E-state index in [1.54, 1.807) is 11.8 Å². The van der Waals surface area contributed by atoms with Crippen LogP contribution in [0, 0.1) is 0 Å². The molecule has 102 valence electrons. The fraction of sp³-hybridized carbons (Fsp3) is 0.385. The molecule has 6 heteroatoms. The fourth-order valence-corrected chi connectivity index (χ4v) is 2.96. The Balaban J connectivity index is 1.76. The Bertz CT molecular complexity index is 460. The summed E-state index contributed by atoms with van der Waals surface area (Å²) in [6.45, 7) is 3.41.